The maximum atomic E-state index is 13.5. The van der Waals surface area contributed by atoms with Crippen LogP contribution in [0.1, 0.15) is 99.3 Å². The van der Waals surface area contributed by atoms with Gasteiger partial charge in [-0.3, -0.25) is 4.79 Å². The van der Waals surface area contributed by atoms with Crippen LogP contribution in [0.4, 0.5) is 0 Å². The van der Waals surface area contributed by atoms with Crippen LogP contribution < -0.4 is 0 Å². The third-order valence-electron chi connectivity index (χ3n) is 9.77. The van der Waals surface area contributed by atoms with Crippen LogP contribution in [0.5, 0.6) is 0 Å². The summed E-state index contributed by atoms with van der Waals surface area (Å²) in [7, 11) is 0. The molecule has 34 heavy (non-hydrogen) atoms. The second-order valence-corrected chi connectivity index (χ2v) is 13.0. The predicted molar refractivity (Wildman–Crippen MR) is 135 cm³/mol. The number of carbonyl (C=O) groups is 2. The van der Waals surface area contributed by atoms with Gasteiger partial charge in [-0.1, -0.05) is 54.4 Å². The normalized spacial score (nSPS) is 41.3. The van der Waals surface area contributed by atoms with E-state index in [-0.39, 0.29) is 30.1 Å². The molecule has 4 aliphatic carbocycles. The Kier molecular flexibility index (Phi) is 8.14. The Balaban J connectivity index is 1.46. The van der Waals surface area contributed by atoms with Crippen molar-refractivity contribution in [2.75, 3.05) is 0 Å². The van der Waals surface area contributed by atoms with E-state index in [1.807, 2.05) is 0 Å². The summed E-state index contributed by atoms with van der Waals surface area (Å²) >= 11 is 0. The number of fused-ring (bicyclic) bond motifs is 2. The van der Waals surface area contributed by atoms with Crippen molar-refractivity contribution in [1.82, 2.24) is 0 Å². The van der Waals surface area contributed by atoms with Crippen molar-refractivity contribution in [3.63, 3.8) is 0 Å². The van der Waals surface area contributed by atoms with Crippen LogP contribution in [-0.4, -0.2) is 24.1 Å². The molecule has 9 atom stereocenters. The van der Waals surface area contributed by atoms with Gasteiger partial charge in [0, 0.05) is 6.08 Å². The third kappa shape index (κ3) is 5.57. The highest BCUT2D eigenvalue weighted by Gasteiger charge is 2.49. The summed E-state index contributed by atoms with van der Waals surface area (Å²) in [6, 6.07) is 0. The second kappa shape index (κ2) is 10.7. The number of hydrogen-bond acceptors (Lipinski definition) is 4. The molecule has 0 amide bonds. The fourth-order valence-electron chi connectivity index (χ4n) is 7.73. The highest BCUT2D eigenvalue weighted by molar-refractivity contribution is 5.86. The molecule has 4 saturated carbocycles. The van der Waals surface area contributed by atoms with Crippen LogP contribution in [0, 0.1) is 53.3 Å². The molecule has 0 unspecified atom stereocenters. The topological polar surface area (TPSA) is 52.6 Å². The Bertz CT molecular complexity index is 768. The van der Waals surface area contributed by atoms with Gasteiger partial charge >= 0.3 is 11.9 Å². The number of rotatable bonds is 6. The van der Waals surface area contributed by atoms with Crippen molar-refractivity contribution < 1.29 is 19.1 Å². The van der Waals surface area contributed by atoms with Crippen molar-refractivity contribution in [2.45, 2.75) is 112 Å². The lowest BCUT2D eigenvalue weighted by molar-refractivity contribution is -0.161. The minimum atomic E-state index is -0.248. The van der Waals surface area contributed by atoms with Gasteiger partial charge in [0.1, 0.15) is 12.2 Å². The van der Waals surface area contributed by atoms with Crippen molar-refractivity contribution in [2.24, 2.45) is 53.3 Å². The van der Waals surface area contributed by atoms with E-state index in [0.717, 1.165) is 50.5 Å². The van der Waals surface area contributed by atoms with E-state index in [1.54, 1.807) is 6.08 Å². The standard InChI is InChI=1S/C30H48O4/c1-17(2)23-11-7-19(5)13-26(23)33-28(31)16-25-21-9-10-22(15-21)29(25)30(32)34-27-14-20(6)8-12-24(27)18(3)4/h16-24,26-27,29H,7-15H2,1-6H3/b25-16-/t19-,20-,21+,22-,23+,24+,26-,27-,29+/m0/s1. The van der Waals surface area contributed by atoms with Gasteiger partial charge in [-0.2, -0.15) is 0 Å². The zero-order valence-corrected chi connectivity index (χ0v) is 22.4. The molecule has 4 aliphatic rings. The molecule has 4 heteroatoms. The Morgan fingerprint density at radius 2 is 1.32 bits per heavy atom. The molecule has 4 fully saturated rings. The molecule has 0 heterocycles. The molecule has 0 saturated heterocycles. The van der Waals surface area contributed by atoms with Gasteiger partial charge in [-0.05, 0) is 97.9 Å². The molecule has 0 aromatic heterocycles. The highest BCUT2D eigenvalue weighted by Crippen LogP contribution is 2.53. The van der Waals surface area contributed by atoms with E-state index in [4.69, 9.17) is 9.47 Å². The molecular formula is C30H48O4. The van der Waals surface area contributed by atoms with Gasteiger partial charge in [0.25, 0.3) is 0 Å². The van der Waals surface area contributed by atoms with Gasteiger partial charge < -0.3 is 9.47 Å². The smallest absolute Gasteiger partial charge is 0.331 e. The summed E-state index contributed by atoms with van der Waals surface area (Å²) in [6.07, 6.45) is 11.5. The van der Waals surface area contributed by atoms with Gasteiger partial charge in [-0.25, -0.2) is 4.79 Å². The fraction of sp³-hybridized carbons (Fsp3) is 0.867. The lowest BCUT2D eigenvalue weighted by Gasteiger charge is -2.38. The fourth-order valence-corrected chi connectivity index (χ4v) is 7.73. The maximum absolute atomic E-state index is 13.5. The number of ether oxygens (including phenoxy) is 2. The van der Waals surface area contributed by atoms with E-state index < -0.39 is 0 Å². The first-order valence-electron chi connectivity index (χ1n) is 14.3. The van der Waals surface area contributed by atoms with E-state index in [9.17, 15) is 9.59 Å². The van der Waals surface area contributed by atoms with Crippen molar-refractivity contribution >= 4 is 11.9 Å². The van der Waals surface area contributed by atoms with Crippen LogP contribution in [0.15, 0.2) is 11.6 Å². The monoisotopic (exact) mass is 472 g/mol. The Labute approximate surface area is 207 Å². The van der Waals surface area contributed by atoms with Gasteiger partial charge in [0.05, 0.1) is 5.92 Å². The number of esters is 2. The van der Waals surface area contributed by atoms with Gasteiger partial charge in [0.15, 0.2) is 0 Å². The molecule has 4 nitrogen and oxygen atoms in total. The first-order valence-corrected chi connectivity index (χ1v) is 14.3. The quantitative estimate of drug-likeness (QED) is 0.309. The minimum absolute atomic E-state index is 0.00683. The molecule has 2 bridgehead atoms. The molecule has 192 valence electrons. The van der Waals surface area contributed by atoms with Crippen molar-refractivity contribution in [3.8, 4) is 0 Å². The van der Waals surface area contributed by atoms with Crippen LogP contribution in [0.3, 0.4) is 0 Å². The summed E-state index contributed by atoms with van der Waals surface area (Å²) < 4.78 is 12.3. The molecule has 0 aromatic carbocycles. The maximum Gasteiger partial charge on any atom is 0.331 e. The Hall–Kier alpha value is -1.32. The van der Waals surface area contributed by atoms with Crippen molar-refractivity contribution in [1.29, 1.82) is 0 Å². The molecular weight excluding hydrogens is 424 g/mol. The Morgan fingerprint density at radius 1 is 0.765 bits per heavy atom. The molecule has 0 radical (unpaired) electrons. The van der Waals surface area contributed by atoms with Crippen LogP contribution in [0.2, 0.25) is 0 Å². The molecule has 0 aliphatic heterocycles. The van der Waals surface area contributed by atoms with Crippen molar-refractivity contribution in [3.05, 3.63) is 11.6 Å². The zero-order valence-electron chi connectivity index (χ0n) is 22.4. The predicted octanol–water partition coefficient (Wildman–Crippen LogP) is 6.97. The van der Waals surface area contributed by atoms with E-state index in [0.29, 0.717) is 47.3 Å². The highest BCUT2D eigenvalue weighted by atomic mass is 16.5. The van der Waals surface area contributed by atoms with E-state index in [1.165, 1.54) is 12.8 Å². The molecule has 0 N–H and O–H groups in total. The molecule has 0 aromatic rings. The van der Waals surface area contributed by atoms with Gasteiger partial charge in [0.2, 0.25) is 0 Å². The molecule has 4 rings (SSSR count). The summed E-state index contributed by atoms with van der Waals surface area (Å²) in [5.74, 6) is 3.19. The average Bonchev–Trinajstić information content (AvgIpc) is 3.35. The average molecular weight is 473 g/mol. The van der Waals surface area contributed by atoms with E-state index in [2.05, 4.69) is 41.5 Å². The summed E-state index contributed by atoms with van der Waals surface area (Å²) in [5, 5.41) is 0. The summed E-state index contributed by atoms with van der Waals surface area (Å²) in [4.78, 5) is 26.6. The summed E-state index contributed by atoms with van der Waals surface area (Å²) in [6.45, 7) is 13.5. The Morgan fingerprint density at radius 3 is 1.88 bits per heavy atom. The van der Waals surface area contributed by atoms with Crippen LogP contribution in [-0.2, 0) is 19.1 Å². The van der Waals surface area contributed by atoms with Gasteiger partial charge in [-0.15, -0.1) is 0 Å². The largest absolute Gasteiger partial charge is 0.462 e. The van der Waals surface area contributed by atoms with E-state index >= 15 is 0 Å². The zero-order chi connectivity index (χ0) is 24.6. The number of hydrogen-bond donors (Lipinski definition) is 0. The lowest BCUT2D eigenvalue weighted by atomic mass is 9.75. The third-order valence-corrected chi connectivity index (χ3v) is 9.77. The first kappa shape index (κ1) is 25.8. The SMILES string of the molecule is CC(C)[C@H]1CC[C@H](C)C[C@@H]1OC(=O)/C=C1/[C@@H]2CC[C@@H](C2)[C@H]1C(=O)O[C@H]1C[C@@H](C)CC[C@@H]1C(C)C. The van der Waals surface area contributed by atoms with Crippen LogP contribution >= 0.6 is 0 Å². The second-order valence-electron chi connectivity index (χ2n) is 13.0. The first-order chi connectivity index (χ1) is 16.1. The minimum Gasteiger partial charge on any atom is -0.462 e. The summed E-state index contributed by atoms with van der Waals surface area (Å²) in [5.41, 5.74) is 1.00. The number of carbonyl (C=O) groups excluding carboxylic acids is 2. The lowest BCUT2D eigenvalue weighted by Crippen LogP contribution is -2.38. The molecule has 0 spiro atoms. The van der Waals surface area contributed by atoms with Crippen LogP contribution in [0.25, 0.3) is 0 Å².